The Labute approximate surface area is 112 Å². The molecule has 18 heavy (non-hydrogen) atoms. The summed E-state index contributed by atoms with van der Waals surface area (Å²) in [5.74, 6) is -0.853. The maximum Gasteiger partial charge on any atom is 0.187 e. The Hall–Kier alpha value is 0.0569. The maximum absolute atomic E-state index is 8.91. The molecule has 2 fully saturated rings. The van der Waals surface area contributed by atoms with Crippen molar-refractivity contribution < 1.29 is 19.0 Å². The number of hydrogen-bond acceptors (Lipinski definition) is 4. The molecular weight excluding hydrogens is 248 g/mol. The van der Waals surface area contributed by atoms with Crippen LogP contribution >= 0.6 is 0 Å². The van der Waals surface area contributed by atoms with Gasteiger partial charge in [0, 0.05) is 38.9 Å². The van der Waals surface area contributed by atoms with Crippen LogP contribution < -0.4 is 0 Å². The molecule has 0 unspecified atom stereocenters. The van der Waals surface area contributed by atoms with E-state index in [4.69, 9.17) is 19.0 Å². The van der Waals surface area contributed by atoms with Gasteiger partial charge in [-0.05, 0) is 33.5 Å². The van der Waals surface area contributed by atoms with E-state index in [0.29, 0.717) is 6.61 Å². The second-order valence-corrected chi connectivity index (χ2v) is 10.4. The summed E-state index contributed by atoms with van der Waals surface area (Å²) in [7, 11) is -1.39. The summed E-state index contributed by atoms with van der Waals surface area (Å²) < 4.78 is 16.3. The zero-order chi connectivity index (χ0) is 13.9. The zero-order valence-electron chi connectivity index (χ0n) is 12.4. The highest BCUT2D eigenvalue weighted by atomic mass is 28.4. The Bertz CT molecular complexity index is 254. The third-order valence-electron chi connectivity index (χ3n) is 2.65. The molecule has 0 bridgehead atoms. The molecule has 0 aromatic carbocycles. The summed E-state index contributed by atoms with van der Waals surface area (Å²) in [5, 5.41) is 8.91. The highest BCUT2D eigenvalue weighted by molar-refractivity contribution is 6.69. The van der Waals surface area contributed by atoms with Crippen molar-refractivity contribution in [3.8, 4) is 0 Å². The molecular formula is C13H28O4Si. The van der Waals surface area contributed by atoms with Gasteiger partial charge in [-0.2, -0.15) is 0 Å². The fraction of sp³-hybridized carbons (Fsp3) is 1.00. The van der Waals surface area contributed by atoms with Crippen molar-refractivity contribution in [3.63, 3.8) is 0 Å². The van der Waals surface area contributed by atoms with Crippen molar-refractivity contribution in [2.75, 3.05) is 13.2 Å². The SMILES string of the molecule is CCOC1(O)CC1.CCOC1(O[Si](C)(C)C)CC1. The summed E-state index contributed by atoms with van der Waals surface area (Å²) in [5.41, 5.74) is 0. The summed E-state index contributed by atoms with van der Waals surface area (Å²) in [6.07, 6.45) is 3.82. The minimum Gasteiger partial charge on any atom is -0.391 e. The predicted molar refractivity (Wildman–Crippen MR) is 73.8 cm³/mol. The van der Waals surface area contributed by atoms with E-state index in [1.165, 1.54) is 0 Å². The standard InChI is InChI=1S/C8H18O2Si.C5H10O2/c1-5-9-8(6-7-8)10-11(2,3)4;1-2-7-5(6)3-4-5/h5-7H2,1-4H3;6H,2-4H2,1H3. The van der Waals surface area contributed by atoms with Gasteiger partial charge in [-0.25, -0.2) is 0 Å². The fourth-order valence-electron chi connectivity index (χ4n) is 1.72. The molecule has 0 saturated heterocycles. The molecule has 2 aliphatic carbocycles. The largest absolute Gasteiger partial charge is 0.391 e. The average Bonchev–Trinajstić information content (AvgIpc) is 3.08. The number of hydrogen-bond donors (Lipinski definition) is 1. The fourth-order valence-corrected chi connectivity index (χ4v) is 3.10. The Morgan fingerprint density at radius 3 is 1.67 bits per heavy atom. The summed E-state index contributed by atoms with van der Waals surface area (Å²) in [6.45, 7) is 11.9. The topological polar surface area (TPSA) is 47.9 Å². The summed E-state index contributed by atoms with van der Waals surface area (Å²) in [4.78, 5) is 0. The molecule has 1 N–H and O–H groups in total. The van der Waals surface area contributed by atoms with E-state index >= 15 is 0 Å². The molecule has 0 atom stereocenters. The van der Waals surface area contributed by atoms with Gasteiger partial charge in [-0.15, -0.1) is 0 Å². The van der Waals surface area contributed by atoms with E-state index in [0.717, 1.165) is 32.3 Å². The second kappa shape index (κ2) is 6.01. The van der Waals surface area contributed by atoms with Crippen molar-refractivity contribution in [2.45, 2.75) is 70.7 Å². The van der Waals surface area contributed by atoms with Crippen molar-refractivity contribution in [1.29, 1.82) is 0 Å². The minimum atomic E-state index is -1.39. The average molecular weight is 276 g/mol. The minimum absolute atomic E-state index is 0.154. The van der Waals surface area contributed by atoms with Crippen molar-refractivity contribution in [3.05, 3.63) is 0 Å². The predicted octanol–water partition coefficient (Wildman–Crippen LogP) is 2.87. The lowest BCUT2D eigenvalue weighted by atomic mass is 10.7. The Balaban J connectivity index is 0.000000199. The number of rotatable bonds is 6. The van der Waals surface area contributed by atoms with Gasteiger partial charge in [-0.3, -0.25) is 0 Å². The first-order valence-corrected chi connectivity index (χ1v) is 10.4. The monoisotopic (exact) mass is 276 g/mol. The molecule has 4 nitrogen and oxygen atoms in total. The molecule has 0 radical (unpaired) electrons. The van der Waals surface area contributed by atoms with Crippen LogP contribution in [0.5, 0.6) is 0 Å². The van der Waals surface area contributed by atoms with E-state index in [1.807, 2.05) is 13.8 Å². The lowest BCUT2D eigenvalue weighted by Gasteiger charge is -2.25. The molecule has 0 heterocycles. The first kappa shape index (κ1) is 16.1. The Morgan fingerprint density at radius 1 is 0.944 bits per heavy atom. The molecule has 0 aromatic heterocycles. The summed E-state index contributed by atoms with van der Waals surface area (Å²) in [6, 6.07) is 0. The number of ether oxygens (including phenoxy) is 2. The van der Waals surface area contributed by atoms with Crippen LogP contribution in [-0.2, 0) is 13.9 Å². The van der Waals surface area contributed by atoms with Gasteiger partial charge >= 0.3 is 0 Å². The first-order valence-electron chi connectivity index (χ1n) is 6.95. The van der Waals surface area contributed by atoms with Gasteiger partial charge in [0.05, 0.1) is 0 Å². The van der Waals surface area contributed by atoms with Crippen LogP contribution in [0, 0.1) is 0 Å². The highest BCUT2D eigenvalue weighted by Gasteiger charge is 2.47. The maximum atomic E-state index is 8.91. The van der Waals surface area contributed by atoms with Gasteiger partial charge in [0.1, 0.15) is 0 Å². The molecule has 0 aromatic rings. The van der Waals surface area contributed by atoms with E-state index < -0.39 is 14.1 Å². The lowest BCUT2D eigenvalue weighted by Crippen LogP contribution is -2.34. The van der Waals surface area contributed by atoms with Crippen molar-refractivity contribution >= 4 is 8.32 Å². The van der Waals surface area contributed by atoms with Crippen LogP contribution in [0.15, 0.2) is 0 Å². The molecule has 5 heteroatoms. The first-order chi connectivity index (χ1) is 8.24. The van der Waals surface area contributed by atoms with Gasteiger partial charge < -0.3 is 19.0 Å². The van der Waals surface area contributed by atoms with Crippen LogP contribution in [0.2, 0.25) is 19.6 Å². The molecule has 108 valence electrons. The van der Waals surface area contributed by atoms with Crippen molar-refractivity contribution in [1.82, 2.24) is 0 Å². The van der Waals surface area contributed by atoms with E-state index in [2.05, 4.69) is 19.6 Å². The van der Waals surface area contributed by atoms with E-state index in [1.54, 1.807) is 0 Å². The van der Waals surface area contributed by atoms with E-state index in [-0.39, 0.29) is 5.79 Å². The van der Waals surface area contributed by atoms with Gasteiger partial charge in [0.2, 0.25) is 0 Å². The smallest absolute Gasteiger partial charge is 0.187 e. The Morgan fingerprint density at radius 2 is 1.44 bits per heavy atom. The van der Waals surface area contributed by atoms with Crippen LogP contribution in [0.4, 0.5) is 0 Å². The molecule has 0 aliphatic heterocycles. The van der Waals surface area contributed by atoms with Gasteiger partial charge in [0.25, 0.3) is 0 Å². The second-order valence-electron chi connectivity index (χ2n) is 5.94. The van der Waals surface area contributed by atoms with Crippen LogP contribution in [0.3, 0.4) is 0 Å². The third kappa shape index (κ3) is 6.29. The Kier molecular flexibility index (Phi) is 5.38. The molecule has 2 aliphatic rings. The molecule has 0 spiro atoms. The van der Waals surface area contributed by atoms with Gasteiger partial charge in [0.15, 0.2) is 19.9 Å². The summed E-state index contributed by atoms with van der Waals surface area (Å²) >= 11 is 0. The highest BCUT2D eigenvalue weighted by Crippen LogP contribution is 2.42. The van der Waals surface area contributed by atoms with Crippen LogP contribution in [-0.4, -0.2) is 38.2 Å². The number of aliphatic hydroxyl groups is 1. The normalized spacial score (nSPS) is 23.0. The van der Waals surface area contributed by atoms with Crippen LogP contribution in [0.1, 0.15) is 39.5 Å². The van der Waals surface area contributed by atoms with E-state index in [9.17, 15) is 0 Å². The lowest BCUT2D eigenvalue weighted by molar-refractivity contribution is -0.120. The molecule has 2 rings (SSSR count). The third-order valence-corrected chi connectivity index (χ3v) is 3.63. The zero-order valence-corrected chi connectivity index (χ0v) is 13.4. The molecule has 2 saturated carbocycles. The van der Waals surface area contributed by atoms with Gasteiger partial charge in [-0.1, -0.05) is 0 Å². The van der Waals surface area contributed by atoms with Crippen LogP contribution in [0.25, 0.3) is 0 Å². The molecule has 0 amide bonds. The van der Waals surface area contributed by atoms with Crippen molar-refractivity contribution in [2.24, 2.45) is 0 Å². The quantitative estimate of drug-likeness (QED) is 0.598.